The van der Waals surface area contributed by atoms with Crippen LogP contribution in [-0.2, 0) is 22.2 Å². The smallest absolute Gasteiger partial charge is 0.267 e. The van der Waals surface area contributed by atoms with Gasteiger partial charge in [-0.15, -0.1) is 17.9 Å². The van der Waals surface area contributed by atoms with Crippen molar-refractivity contribution in [3.05, 3.63) is 94.0 Å². The summed E-state index contributed by atoms with van der Waals surface area (Å²) in [6.45, 7) is 5.51. The number of nitrogens with zero attached hydrogens (tertiary/aromatic N) is 1. The van der Waals surface area contributed by atoms with E-state index in [1.54, 1.807) is 24.3 Å². The fraction of sp³-hybridized carbons (Fsp3) is 0.182. The number of benzene rings is 2. The van der Waals surface area contributed by atoms with Crippen molar-refractivity contribution >= 4 is 33.0 Å². The van der Waals surface area contributed by atoms with Crippen molar-refractivity contribution in [3.63, 3.8) is 0 Å². The Bertz CT molecular complexity index is 1120. The molecule has 1 aromatic heterocycles. The lowest BCUT2D eigenvalue weighted by atomic mass is 10.2. The minimum Gasteiger partial charge on any atom is -0.321 e. The van der Waals surface area contributed by atoms with Crippen LogP contribution >= 0.6 is 11.3 Å². The second kappa shape index (κ2) is 9.80. The average molecular weight is 442 g/mol. The molecule has 8 heteroatoms. The van der Waals surface area contributed by atoms with Gasteiger partial charge in [0.1, 0.15) is 4.88 Å². The Labute approximate surface area is 180 Å². The van der Waals surface area contributed by atoms with Crippen LogP contribution in [0.2, 0.25) is 0 Å². The third-order valence-corrected chi connectivity index (χ3v) is 6.74. The van der Waals surface area contributed by atoms with Gasteiger partial charge in [-0.05, 0) is 30.2 Å². The SMILES string of the molecule is C=CCNS(=O)(=O)Cc1ccc(NC(=O)c2sc(Cc3ccccc3)nc2C)cc1. The van der Waals surface area contributed by atoms with Gasteiger partial charge in [-0.2, -0.15) is 0 Å². The van der Waals surface area contributed by atoms with E-state index in [-0.39, 0.29) is 18.2 Å². The molecule has 0 atom stereocenters. The molecule has 0 fully saturated rings. The van der Waals surface area contributed by atoms with Crippen LogP contribution in [0.5, 0.6) is 0 Å². The molecule has 30 heavy (non-hydrogen) atoms. The third kappa shape index (κ3) is 6.09. The van der Waals surface area contributed by atoms with Crippen LogP contribution in [-0.4, -0.2) is 25.9 Å². The van der Waals surface area contributed by atoms with Crippen LogP contribution < -0.4 is 10.0 Å². The Kier molecular flexibility index (Phi) is 7.15. The van der Waals surface area contributed by atoms with Crippen molar-refractivity contribution in [2.75, 3.05) is 11.9 Å². The summed E-state index contributed by atoms with van der Waals surface area (Å²) in [6, 6.07) is 16.7. The highest BCUT2D eigenvalue weighted by Gasteiger charge is 2.16. The normalized spacial score (nSPS) is 11.2. The van der Waals surface area contributed by atoms with Gasteiger partial charge in [0.05, 0.1) is 16.5 Å². The average Bonchev–Trinajstić information content (AvgIpc) is 3.08. The Morgan fingerprint density at radius 2 is 1.80 bits per heavy atom. The maximum absolute atomic E-state index is 12.7. The zero-order valence-corrected chi connectivity index (χ0v) is 18.2. The van der Waals surface area contributed by atoms with E-state index in [0.29, 0.717) is 28.2 Å². The number of carbonyl (C=O) groups is 1. The summed E-state index contributed by atoms with van der Waals surface area (Å²) >= 11 is 1.38. The number of hydrogen-bond acceptors (Lipinski definition) is 5. The molecule has 0 aliphatic heterocycles. The van der Waals surface area contributed by atoms with E-state index in [4.69, 9.17) is 0 Å². The Morgan fingerprint density at radius 1 is 1.10 bits per heavy atom. The number of rotatable bonds is 9. The highest BCUT2D eigenvalue weighted by molar-refractivity contribution is 7.88. The first-order valence-electron chi connectivity index (χ1n) is 9.35. The van der Waals surface area contributed by atoms with Crippen molar-refractivity contribution in [2.24, 2.45) is 0 Å². The molecule has 3 rings (SSSR count). The van der Waals surface area contributed by atoms with Crippen molar-refractivity contribution < 1.29 is 13.2 Å². The van der Waals surface area contributed by atoms with Gasteiger partial charge in [0, 0.05) is 18.7 Å². The number of aromatic nitrogens is 1. The molecule has 1 amide bonds. The molecule has 0 spiro atoms. The summed E-state index contributed by atoms with van der Waals surface area (Å²) in [5.74, 6) is -0.358. The maximum atomic E-state index is 12.7. The van der Waals surface area contributed by atoms with Crippen LogP contribution in [0.15, 0.2) is 67.3 Å². The Hall–Kier alpha value is -2.81. The number of aryl methyl sites for hydroxylation is 1. The van der Waals surface area contributed by atoms with Gasteiger partial charge >= 0.3 is 0 Å². The lowest BCUT2D eigenvalue weighted by molar-refractivity contribution is 0.103. The fourth-order valence-electron chi connectivity index (χ4n) is 2.84. The van der Waals surface area contributed by atoms with Crippen molar-refractivity contribution in [2.45, 2.75) is 19.1 Å². The maximum Gasteiger partial charge on any atom is 0.267 e. The highest BCUT2D eigenvalue weighted by atomic mass is 32.2. The van der Waals surface area contributed by atoms with Crippen molar-refractivity contribution in [1.82, 2.24) is 9.71 Å². The van der Waals surface area contributed by atoms with Gasteiger partial charge in [-0.1, -0.05) is 48.5 Å². The molecule has 0 aliphatic rings. The second-order valence-corrected chi connectivity index (χ2v) is 9.62. The molecule has 0 saturated carbocycles. The summed E-state index contributed by atoms with van der Waals surface area (Å²) in [5, 5.41) is 3.74. The van der Waals surface area contributed by atoms with Gasteiger partial charge in [0.2, 0.25) is 10.0 Å². The van der Waals surface area contributed by atoms with E-state index < -0.39 is 10.0 Å². The molecular formula is C22H23N3O3S2. The largest absolute Gasteiger partial charge is 0.321 e. The van der Waals surface area contributed by atoms with Gasteiger partial charge in [-0.25, -0.2) is 18.1 Å². The second-order valence-electron chi connectivity index (χ2n) is 6.73. The lowest BCUT2D eigenvalue weighted by Gasteiger charge is -2.07. The predicted molar refractivity (Wildman–Crippen MR) is 121 cm³/mol. The Balaban J connectivity index is 1.64. The molecule has 6 nitrogen and oxygen atoms in total. The van der Waals surface area contributed by atoms with E-state index in [1.807, 2.05) is 37.3 Å². The van der Waals surface area contributed by atoms with E-state index in [2.05, 4.69) is 21.6 Å². The first-order valence-corrected chi connectivity index (χ1v) is 11.8. The number of hydrogen-bond donors (Lipinski definition) is 2. The van der Waals surface area contributed by atoms with Crippen molar-refractivity contribution in [3.8, 4) is 0 Å². The molecule has 2 aromatic carbocycles. The number of thiazole rings is 1. The van der Waals surface area contributed by atoms with E-state index >= 15 is 0 Å². The van der Waals surface area contributed by atoms with Gasteiger partial charge < -0.3 is 5.32 Å². The molecular weight excluding hydrogens is 418 g/mol. The van der Waals surface area contributed by atoms with Crippen LogP contribution in [0.3, 0.4) is 0 Å². The Morgan fingerprint density at radius 3 is 2.47 bits per heavy atom. The molecule has 0 radical (unpaired) electrons. The summed E-state index contributed by atoms with van der Waals surface area (Å²) < 4.78 is 26.3. The highest BCUT2D eigenvalue weighted by Crippen LogP contribution is 2.22. The predicted octanol–water partition coefficient (Wildman–Crippen LogP) is 3.90. The van der Waals surface area contributed by atoms with Crippen LogP contribution in [0.1, 0.15) is 31.5 Å². The summed E-state index contributed by atoms with van der Waals surface area (Å²) in [4.78, 5) is 17.8. The number of carbonyl (C=O) groups excluding carboxylic acids is 1. The van der Waals surface area contributed by atoms with Crippen LogP contribution in [0, 0.1) is 6.92 Å². The number of sulfonamides is 1. The standard InChI is InChI=1S/C22H23N3O3S2/c1-3-13-23-30(27,28)15-18-9-11-19(12-10-18)25-22(26)21-16(2)24-20(29-21)14-17-7-5-4-6-8-17/h3-12,23H,1,13-15H2,2H3,(H,25,26). The van der Waals surface area contributed by atoms with Gasteiger partial charge in [0.15, 0.2) is 0 Å². The molecule has 3 aromatic rings. The molecule has 156 valence electrons. The third-order valence-electron chi connectivity index (χ3n) is 4.26. The topological polar surface area (TPSA) is 88.2 Å². The zero-order chi connectivity index (χ0) is 21.6. The first-order chi connectivity index (χ1) is 14.4. The van der Waals surface area contributed by atoms with E-state index in [1.165, 1.54) is 17.4 Å². The van der Waals surface area contributed by atoms with Crippen LogP contribution in [0.25, 0.3) is 0 Å². The molecule has 0 aliphatic carbocycles. The zero-order valence-electron chi connectivity index (χ0n) is 16.6. The number of amides is 1. The van der Waals surface area contributed by atoms with E-state index in [9.17, 15) is 13.2 Å². The summed E-state index contributed by atoms with van der Waals surface area (Å²) in [5.41, 5.74) is 3.06. The lowest BCUT2D eigenvalue weighted by Crippen LogP contribution is -2.25. The monoisotopic (exact) mass is 441 g/mol. The van der Waals surface area contributed by atoms with E-state index in [0.717, 1.165) is 10.6 Å². The number of anilines is 1. The molecule has 1 heterocycles. The summed E-state index contributed by atoms with van der Waals surface area (Å²) in [6.07, 6.45) is 2.17. The molecule has 0 saturated heterocycles. The first kappa shape index (κ1) is 21.9. The van der Waals surface area contributed by atoms with Crippen LogP contribution in [0.4, 0.5) is 5.69 Å². The number of nitrogens with one attached hydrogen (secondary N) is 2. The minimum atomic E-state index is -3.42. The van der Waals surface area contributed by atoms with Gasteiger partial charge in [-0.3, -0.25) is 4.79 Å². The summed E-state index contributed by atoms with van der Waals surface area (Å²) in [7, 11) is -3.42. The minimum absolute atomic E-state index is 0.133. The quantitative estimate of drug-likeness (QED) is 0.493. The van der Waals surface area contributed by atoms with Gasteiger partial charge in [0.25, 0.3) is 5.91 Å². The van der Waals surface area contributed by atoms with Crippen molar-refractivity contribution in [1.29, 1.82) is 0 Å². The fourth-order valence-corrected chi connectivity index (χ4v) is 4.94. The molecule has 0 unspecified atom stereocenters. The molecule has 2 N–H and O–H groups in total. The molecule has 0 bridgehead atoms.